The van der Waals surface area contributed by atoms with Crippen LogP contribution in [0.15, 0.2) is 0 Å². The molecule has 0 heterocycles. The Kier molecular flexibility index (Phi) is 5.20. The number of aliphatic carboxylic acids is 1. The van der Waals surface area contributed by atoms with E-state index < -0.39 is 23.6 Å². The zero-order valence-corrected chi connectivity index (χ0v) is 12.2. The smallest absolute Gasteiger partial charge is 0.407 e. The van der Waals surface area contributed by atoms with Gasteiger partial charge < -0.3 is 15.2 Å². The summed E-state index contributed by atoms with van der Waals surface area (Å²) in [4.78, 5) is 22.9. The molecule has 1 fully saturated rings. The first kappa shape index (κ1) is 15.8. The Labute approximate surface area is 114 Å². The fraction of sp³-hybridized carbons (Fsp3) is 0.857. The topological polar surface area (TPSA) is 75.6 Å². The van der Waals surface area contributed by atoms with Gasteiger partial charge in [0.05, 0.1) is 5.92 Å². The Morgan fingerprint density at radius 3 is 2.42 bits per heavy atom. The number of nitrogens with one attached hydrogen (secondary N) is 1. The molecule has 1 rings (SSSR count). The third kappa shape index (κ3) is 5.09. The van der Waals surface area contributed by atoms with Crippen molar-refractivity contribution < 1.29 is 19.4 Å². The molecule has 5 heteroatoms. The van der Waals surface area contributed by atoms with Gasteiger partial charge >= 0.3 is 12.1 Å². The summed E-state index contributed by atoms with van der Waals surface area (Å²) in [7, 11) is 0. The first-order valence-electron chi connectivity index (χ1n) is 6.90. The van der Waals surface area contributed by atoms with E-state index in [2.05, 4.69) is 12.2 Å². The molecule has 0 aromatic heterocycles. The molecule has 0 radical (unpaired) electrons. The van der Waals surface area contributed by atoms with E-state index in [1.807, 2.05) is 0 Å². The lowest BCUT2D eigenvalue weighted by Crippen LogP contribution is -2.40. The van der Waals surface area contributed by atoms with Gasteiger partial charge in [0, 0.05) is 6.54 Å². The highest BCUT2D eigenvalue weighted by molar-refractivity contribution is 5.73. The highest BCUT2D eigenvalue weighted by Crippen LogP contribution is 2.36. The largest absolute Gasteiger partial charge is 0.481 e. The number of alkyl carbamates (subject to hydrolysis) is 1. The maximum Gasteiger partial charge on any atom is 0.407 e. The van der Waals surface area contributed by atoms with Gasteiger partial charge in [-0.2, -0.15) is 0 Å². The van der Waals surface area contributed by atoms with Crippen LogP contribution in [-0.4, -0.2) is 29.3 Å². The fourth-order valence-corrected chi connectivity index (χ4v) is 2.70. The minimum absolute atomic E-state index is 0.138. The molecule has 0 bridgehead atoms. The van der Waals surface area contributed by atoms with Crippen LogP contribution < -0.4 is 5.32 Å². The van der Waals surface area contributed by atoms with E-state index in [0.717, 1.165) is 19.3 Å². The summed E-state index contributed by atoms with van der Waals surface area (Å²) >= 11 is 0. The normalized spacial score (nSPS) is 24.8. The highest BCUT2D eigenvalue weighted by atomic mass is 16.6. The van der Waals surface area contributed by atoms with Gasteiger partial charge in [0.15, 0.2) is 0 Å². The Bertz CT molecular complexity index is 335. The molecule has 19 heavy (non-hydrogen) atoms. The molecular formula is C14H25NO4. The van der Waals surface area contributed by atoms with Crippen LogP contribution in [0.25, 0.3) is 0 Å². The van der Waals surface area contributed by atoms with Gasteiger partial charge in [-0.05, 0) is 39.0 Å². The SMILES string of the molecule is CC1CCCC1C(CNC(=O)OC(C)(C)C)C(=O)O. The van der Waals surface area contributed by atoms with Gasteiger partial charge in [0.2, 0.25) is 0 Å². The fourth-order valence-electron chi connectivity index (χ4n) is 2.70. The molecule has 110 valence electrons. The van der Waals surface area contributed by atoms with Crippen LogP contribution in [0.2, 0.25) is 0 Å². The Hall–Kier alpha value is -1.26. The molecule has 5 nitrogen and oxygen atoms in total. The van der Waals surface area contributed by atoms with Crippen molar-refractivity contribution in [2.24, 2.45) is 17.8 Å². The summed E-state index contributed by atoms with van der Waals surface area (Å²) in [5, 5.41) is 11.9. The van der Waals surface area contributed by atoms with Crippen molar-refractivity contribution in [3.8, 4) is 0 Å². The molecule has 1 aliphatic rings. The van der Waals surface area contributed by atoms with Crippen molar-refractivity contribution in [3.05, 3.63) is 0 Å². The minimum atomic E-state index is -0.838. The van der Waals surface area contributed by atoms with Gasteiger partial charge in [-0.25, -0.2) is 4.79 Å². The molecule has 0 aromatic carbocycles. The second-order valence-electron chi connectivity index (χ2n) is 6.40. The summed E-state index contributed by atoms with van der Waals surface area (Å²) < 4.78 is 5.11. The predicted octanol–water partition coefficient (Wildman–Crippen LogP) is 2.65. The second kappa shape index (κ2) is 6.26. The molecule has 0 aromatic rings. The van der Waals surface area contributed by atoms with Crippen molar-refractivity contribution in [3.63, 3.8) is 0 Å². The molecular weight excluding hydrogens is 246 g/mol. The van der Waals surface area contributed by atoms with Crippen LogP contribution in [0.3, 0.4) is 0 Å². The molecule has 1 amide bonds. The van der Waals surface area contributed by atoms with Crippen molar-refractivity contribution >= 4 is 12.1 Å². The van der Waals surface area contributed by atoms with Crippen LogP contribution in [0.5, 0.6) is 0 Å². The zero-order chi connectivity index (χ0) is 14.6. The lowest BCUT2D eigenvalue weighted by atomic mass is 9.85. The van der Waals surface area contributed by atoms with E-state index in [1.54, 1.807) is 20.8 Å². The number of hydrogen-bond acceptors (Lipinski definition) is 3. The van der Waals surface area contributed by atoms with E-state index in [4.69, 9.17) is 4.74 Å². The van der Waals surface area contributed by atoms with Gasteiger partial charge in [0.25, 0.3) is 0 Å². The summed E-state index contributed by atoms with van der Waals surface area (Å²) in [5.74, 6) is -0.811. The van der Waals surface area contributed by atoms with Crippen molar-refractivity contribution in [1.82, 2.24) is 5.32 Å². The lowest BCUT2D eigenvalue weighted by Gasteiger charge is -2.25. The summed E-state index contributed by atoms with van der Waals surface area (Å²) in [6.45, 7) is 7.56. The zero-order valence-electron chi connectivity index (χ0n) is 12.2. The van der Waals surface area contributed by atoms with E-state index in [0.29, 0.717) is 5.92 Å². The molecule has 0 spiro atoms. The number of ether oxygens (including phenoxy) is 1. The Balaban J connectivity index is 2.51. The van der Waals surface area contributed by atoms with Gasteiger partial charge in [-0.3, -0.25) is 4.79 Å². The Morgan fingerprint density at radius 1 is 1.37 bits per heavy atom. The number of carbonyl (C=O) groups is 2. The van der Waals surface area contributed by atoms with Crippen LogP contribution in [0.1, 0.15) is 47.0 Å². The molecule has 2 N–H and O–H groups in total. The van der Waals surface area contributed by atoms with E-state index >= 15 is 0 Å². The number of hydrogen-bond donors (Lipinski definition) is 2. The van der Waals surface area contributed by atoms with Gasteiger partial charge in [-0.1, -0.05) is 19.8 Å². The van der Waals surface area contributed by atoms with Gasteiger partial charge in [-0.15, -0.1) is 0 Å². The first-order chi connectivity index (χ1) is 8.70. The molecule has 3 atom stereocenters. The van der Waals surface area contributed by atoms with Crippen LogP contribution in [0, 0.1) is 17.8 Å². The molecule has 0 saturated heterocycles. The van der Waals surface area contributed by atoms with Crippen LogP contribution >= 0.6 is 0 Å². The summed E-state index contributed by atoms with van der Waals surface area (Å²) in [6.07, 6.45) is 2.52. The quantitative estimate of drug-likeness (QED) is 0.824. The first-order valence-corrected chi connectivity index (χ1v) is 6.90. The van der Waals surface area contributed by atoms with Gasteiger partial charge in [0.1, 0.15) is 5.60 Å². The number of amides is 1. The van der Waals surface area contributed by atoms with Crippen molar-refractivity contribution in [1.29, 1.82) is 0 Å². The standard InChI is InChI=1S/C14H25NO4/c1-9-6-5-7-10(9)11(12(16)17)8-15-13(18)19-14(2,3)4/h9-11H,5-8H2,1-4H3,(H,15,18)(H,16,17). The maximum absolute atomic E-state index is 11.6. The number of carbonyl (C=O) groups excluding carboxylic acids is 1. The summed E-state index contributed by atoms with van der Waals surface area (Å²) in [5.41, 5.74) is -0.566. The molecule has 1 aliphatic carbocycles. The minimum Gasteiger partial charge on any atom is -0.481 e. The average molecular weight is 271 g/mol. The van der Waals surface area contributed by atoms with Crippen LogP contribution in [0.4, 0.5) is 4.79 Å². The lowest BCUT2D eigenvalue weighted by molar-refractivity contribution is -0.143. The number of rotatable bonds is 4. The number of carboxylic acid groups (broad SMARTS) is 1. The number of carboxylic acids is 1. The monoisotopic (exact) mass is 271 g/mol. The second-order valence-corrected chi connectivity index (χ2v) is 6.40. The molecule has 3 unspecified atom stereocenters. The predicted molar refractivity (Wildman–Crippen MR) is 71.9 cm³/mol. The van der Waals surface area contributed by atoms with Crippen molar-refractivity contribution in [2.45, 2.75) is 52.6 Å². The third-order valence-electron chi connectivity index (χ3n) is 3.63. The van der Waals surface area contributed by atoms with E-state index in [-0.39, 0.29) is 12.5 Å². The van der Waals surface area contributed by atoms with E-state index in [1.165, 1.54) is 0 Å². The van der Waals surface area contributed by atoms with Crippen molar-refractivity contribution in [2.75, 3.05) is 6.54 Å². The maximum atomic E-state index is 11.6. The van der Waals surface area contributed by atoms with E-state index in [9.17, 15) is 14.7 Å². The molecule has 1 saturated carbocycles. The highest BCUT2D eigenvalue weighted by Gasteiger charge is 2.35. The average Bonchev–Trinajstić information content (AvgIpc) is 2.62. The Morgan fingerprint density at radius 2 is 2.00 bits per heavy atom. The third-order valence-corrected chi connectivity index (χ3v) is 3.63. The molecule has 0 aliphatic heterocycles. The van der Waals surface area contributed by atoms with Crippen LogP contribution in [-0.2, 0) is 9.53 Å². The summed E-state index contributed by atoms with van der Waals surface area (Å²) in [6, 6.07) is 0.